The molecule has 0 aliphatic rings. The zero-order valence-corrected chi connectivity index (χ0v) is 6.31. The first-order valence-electron chi connectivity index (χ1n) is 2.99. The van der Waals surface area contributed by atoms with Crippen LogP contribution in [0.3, 0.4) is 0 Å². The highest BCUT2D eigenvalue weighted by Gasteiger charge is 2.29. The summed E-state index contributed by atoms with van der Waals surface area (Å²) < 4.78 is 24.7. The average molecular weight is 167 g/mol. The van der Waals surface area contributed by atoms with Crippen molar-refractivity contribution in [2.24, 2.45) is 10.7 Å². The van der Waals surface area contributed by atoms with Crippen molar-refractivity contribution in [3.8, 4) is 0 Å². The van der Waals surface area contributed by atoms with E-state index >= 15 is 0 Å². The van der Waals surface area contributed by atoms with Crippen LogP contribution in [0.15, 0.2) is 4.99 Å². The number of nitrogens with zero attached hydrogens (tertiary/aromatic N) is 1. The molecule has 0 spiro atoms. The molecule has 11 heavy (non-hydrogen) atoms. The Bertz CT molecular complexity index is 154. The Balaban J connectivity index is 4.17. The largest absolute Gasteiger partial charge is 0.368 e. The van der Waals surface area contributed by atoms with Crippen molar-refractivity contribution in [1.82, 2.24) is 5.48 Å². The molecular formula is C5H11F2N3O. The molecule has 0 aliphatic heterocycles. The first-order chi connectivity index (χ1) is 4.88. The smallest absolute Gasteiger partial charge is 0.267 e. The van der Waals surface area contributed by atoms with Crippen molar-refractivity contribution in [1.29, 1.82) is 0 Å². The van der Waals surface area contributed by atoms with Gasteiger partial charge in [0.05, 0.1) is 0 Å². The van der Waals surface area contributed by atoms with Crippen LogP contribution in [0, 0.1) is 0 Å². The number of hydrogen-bond acceptors (Lipinski definition) is 2. The Labute approximate surface area is 63.1 Å². The number of hydrogen-bond donors (Lipinski definition) is 3. The molecule has 4 nitrogen and oxygen atoms in total. The molecule has 0 fully saturated rings. The van der Waals surface area contributed by atoms with E-state index < -0.39 is 17.9 Å². The number of guanidine groups is 1. The van der Waals surface area contributed by atoms with Gasteiger partial charge >= 0.3 is 0 Å². The van der Waals surface area contributed by atoms with Crippen LogP contribution in [0.1, 0.15) is 13.8 Å². The van der Waals surface area contributed by atoms with Crippen LogP contribution in [0.2, 0.25) is 0 Å². The van der Waals surface area contributed by atoms with Gasteiger partial charge in [-0.3, -0.25) is 5.21 Å². The predicted molar refractivity (Wildman–Crippen MR) is 36.6 cm³/mol. The van der Waals surface area contributed by atoms with Gasteiger partial charge in [-0.2, -0.15) is 0 Å². The molecule has 0 heterocycles. The highest BCUT2D eigenvalue weighted by molar-refractivity contribution is 5.76. The number of alkyl halides is 2. The van der Waals surface area contributed by atoms with Crippen molar-refractivity contribution >= 4 is 5.96 Å². The highest BCUT2D eigenvalue weighted by atomic mass is 19.3. The standard InChI is InChI=1S/C5H11F2N3O/c1-3(5(2,6)7)9-4(8)10-11/h3,11H,1-2H3,(H3,8,9,10). The van der Waals surface area contributed by atoms with Crippen LogP contribution in [0.4, 0.5) is 8.78 Å². The summed E-state index contributed by atoms with van der Waals surface area (Å²) >= 11 is 0. The minimum atomic E-state index is -2.93. The Kier molecular flexibility index (Phi) is 3.18. The molecule has 1 unspecified atom stereocenters. The van der Waals surface area contributed by atoms with Crippen LogP contribution < -0.4 is 11.2 Å². The number of rotatable bonds is 2. The van der Waals surface area contributed by atoms with Gasteiger partial charge in [-0.1, -0.05) is 0 Å². The lowest BCUT2D eigenvalue weighted by atomic mass is 10.2. The zero-order chi connectivity index (χ0) is 9.07. The van der Waals surface area contributed by atoms with E-state index in [1.807, 2.05) is 0 Å². The molecule has 0 aliphatic carbocycles. The molecular weight excluding hydrogens is 156 g/mol. The van der Waals surface area contributed by atoms with Crippen molar-refractivity contribution in [2.45, 2.75) is 25.8 Å². The van der Waals surface area contributed by atoms with Crippen LogP contribution in [-0.2, 0) is 0 Å². The van der Waals surface area contributed by atoms with Gasteiger partial charge in [0, 0.05) is 6.92 Å². The third-order valence-corrected chi connectivity index (χ3v) is 1.18. The lowest BCUT2D eigenvalue weighted by molar-refractivity contribution is 0.000945. The number of halogens is 2. The van der Waals surface area contributed by atoms with Gasteiger partial charge in [0.25, 0.3) is 5.92 Å². The molecule has 0 aromatic heterocycles. The molecule has 0 rings (SSSR count). The van der Waals surface area contributed by atoms with E-state index in [4.69, 9.17) is 10.9 Å². The van der Waals surface area contributed by atoms with Crippen molar-refractivity contribution in [3.05, 3.63) is 0 Å². The number of aliphatic imine (C=N–C) groups is 1. The van der Waals surface area contributed by atoms with Crippen LogP contribution in [-0.4, -0.2) is 23.1 Å². The SMILES string of the molecule is CC(N=C(N)NO)C(C)(F)F. The molecule has 0 aromatic rings. The third kappa shape index (κ3) is 3.72. The summed E-state index contributed by atoms with van der Waals surface area (Å²) in [5, 5.41) is 8.10. The highest BCUT2D eigenvalue weighted by Crippen LogP contribution is 2.19. The maximum Gasteiger partial charge on any atom is 0.267 e. The maximum absolute atomic E-state index is 12.3. The fourth-order valence-corrected chi connectivity index (χ4v) is 0.351. The lowest BCUT2D eigenvalue weighted by Gasteiger charge is -2.15. The number of nitrogens with two attached hydrogens (primary N) is 1. The number of hydroxylamine groups is 1. The molecule has 6 heteroatoms. The van der Waals surface area contributed by atoms with E-state index in [-0.39, 0.29) is 0 Å². The van der Waals surface area contributed by atoms with Gasteiger partial charge in [0.1, 0.15) is 6.04 Å². The fraction of sp³-hybridized carbons (Fsp3) is 0.800. The van der Waals surface area contributed by atoms with E-state index in [0.717, 1.165) is 6.92 Å². The molecule has 0 aromatic carbocycles. The quantitative estimate of drug-likeness (QED) is 0.315. The second kappa shape index (κ2) is 3.47. The molecule has 0 bridgehead atoms. The lowest BCUT2D eigenvalue weighted by Crippen LogP contribution is -2.34. The Morgan fingerprint density at radius 2 is 2.18 bits per heavy atom. The van der Waals surface area contributed by atoms with Gasteiger partial charge in [-0.15, -0.1) is 0 Å². The third-order valence-electron chi connectivity index (χ3n) is 1.18. The Morgan fingerprint density at radius 1 is 1.73 bits per heavy atom. The second-order valence-electron chi connectivity index (χ2n) is 2.26. The van der Waals surface area contributed by atoms with E-state index in [0.29, 0.717) is 0 Å². The fourth-order valence-electron chi connectivity index (χ4n) is 0.351. The van der Waals surface area contributed by atoms with Gasteiger partial charge in [-0.05, 0) is 6.92 Å². The number of nitrogens with one attached hydrogen (secondary N) is 1. The van der Waals surface area contributed by atoms with E-state index in [1.165, 1.54) is 12.4 Å². The minimum absolute atomic E-state index is 0.418. The zero-order valence-electron chi connectivity index (χ0n) is 6.31. The van der Waals surface area contributed by atoms with Gasteiger partial charge in [-0.25, -0.2) is 19.3 Å². The van der Waals surface area contributed by atoms with Crippen LogP contribution >= 0.6 is 0 Å². The van der Waals surface area contributed by atoms with Crippen molar-refractivity contribution in [3.63, 3.8) is 0 Å². The predicted octanol–water partition coefficient (Wildman–Crippen LogP) is 0.324. The summed E-state index contributed by atoms with van der Waals surface area (Å²) in [6.45, 7) is 1.93. The summed E-state index contributed by atoms with van der Waals surface area (Å²) in [5.41, 5.74) is 6.39. The molecule has 0 amide bonds. The molecule has 0 saturated heterocycles. The minimum Gasteiger partial charge on any atom is -0.368 e. The Hall–Kier alpha value is -0.910. The summed E-state index contributed by atoms with van der Waals surface area (Å²) in [4.78, 5) is 3.25. The van der Waals surface area contributed by atoms with Crippen LogP contribution in [0.25, 0.3) is 0 Å². The molecule has 66 valence electrons. The molecule has 1 atom stereocenters. The monoisotopic (exact) mass is 167 g/mol. The second-order valence-corrected chi connectivity index (χ2v) is 2.26. The topological polar surface area (TPSA) is 70.6 Å². The maximum atomic E-state index is 12.3. The summed E-state index contributed by atoms with van der Waals surface area (Å²) in [7, 11) is 0. The van der Waals surface area contributed by atoms with Crippen molar-refractivity contribution < 1.29 is 14.0 Å². The first-order valence-corrected chi connectivity index (χ1v) is 2.99. The van der Waals surface area contributed by atoms with E-state index in [1.54, 1.807) is 0 Å². The van der Waals surface area contributed by atoms with E-state index in [2.05, 4.69) is 4.99 Å². The van der Waals surface area contributed by atoms with Gasteiger partial charge in [0.15, 0.2) is 0 Å². The Morgan fingerprint density at radius 3 is 2.45 bits per heavy atom. The first kappa shape index (κ1) is 10.1. The summed E-state index contributed by atoms with van der Waals surface area (Å²) in [5.74, 6) is -3.35. The summed E-state index contributed by atoms with van der Waals surface area (Å²) in [6.07, 6.45) is 0. The average Bonchev–Trinajstić information content (AvgIpc) is 1.85. The molecule has 0 saturated carbocycles. The summed E-state index contributed by atoms with van der Waals surface area (Å²) in [6, 6.07) is -1.25. The van der Waals surface area contributed by atoms with Gasteiger partial charge < -0.3 is 5.73 Å². The van der Waals surface area contributed by atoms with Crippen molar-refractivity contribution in [2.75, 3.05) is 0 Å². The normalized spacial score (nSPS) is 16.3. The van der Waals surface area contributed by atoms with Gasteiger partial charge in [0.2, 0.25) is 5.96 Å². The molecule has 0 radical (unpaired) electrons. The van der Waals surface area contributed by atoms with E-state index in [9.17, 15) is 8.78 Å². The molecule has 4 N–H and O–H groups in total. The van der Waals surface area contributed by atoms with Crippen LogP contribution in [0.5, 0.6) is 0 Å².